The molecule has 0 saturated carbocycles. The molecule has 0 aliphatic carbocycles. The van der Waals surface area contributed by atoms with Gasteiger partial charge in [0.15, 0.2) is 0 Å². The average molecular weight is 203 g/mol. The van der Waals surface area contributed by atoms with Crippen molar-refractivity contribution in [1.29, 1.82) is 0 Å². The van der Waals surface area contributed by atoms with E-state index in [4.69, 9.17) is 0 Å². The molecule has 0 saturated heterocycles. The van der Waals surface area contributed by atoms with Crippen LogP contribution in [-0.2, 0) is 0 Å². The molecule has 80 valence electrons. The van der Waals surface area contributed by atoms with Gasteiger partial charge in [-0.05, 0) is 46.0 Å². The van der Waals surface area contributed by atoms with Crippen LogP contribution in [0.5, 0.6) is 0 Å². The molecule has 0 spiro atoms. The predicted molar refractivity (Wildman–Crippen MR) is 64.6 cm³/mol. The molecule has 0 rings (SSSR count). The number of thioether (sulfide) groups is 1. The highest BCUT2D eigenvalue weighted by atomic mass is 32.2. The van der Waals surface area contributed by atoms with Gasteiger partial charge in [0.2, 0.25) is 0 Å². The van der Waals surface area contributed by atoms with E-state index in [2.05, 4.69) is 38.9 Å². The van der Waals surface area contributed by atoms with E-state index in [1.807, 2.05) is 11.8 Å². The van der Waals surface area contributed by atoms with Gasteiger partial charge in [-0.2, -0.15) is 11.8 Å². The van der Waals surface area contributed by atoms with Crippen LogP contribution in [0.2, 0.25) is 0 Å². The van der Waals surface area contributed by atoms with E-state index in [0.29, 0.717) is 6.04 Å². The molecule has 1 nitrogen and oxygen atoms in total. The van der Waals surface area contributed by atoms with Crippen LogP contribution in [0.3, 0.4) is 0 Å². The maximum absolute atomic E-state index is 2.53. The van der Waals surface area contributed by atoms with Crippen LogP contribution in [0.4, 0.5) is 0 Å². The van der Waals surface area contributed by atoms with E-state index >= 15 is 0 Å². The number of rotatable bonds is 7. The minimum absolute atomic E-state index is 0.703. The second-order valence-electron chi connectivity index (χ2n) is 3.91. The van der Waals surface area contributed by atoms with Crippen LogP contribution >= 0.6 is 11.8 Å². The molecule has 0 radical (unpaired) electrons. The summed E-state index contributed by atoms with van der Waals surface area (Å²) in [6, 6.07) is 0.703. The summed E-state index contributed by atoms with van der Waals surface area (Å²) < 4.78 is 0. The van der Waals surface area contributed by atoms with Crippen LogP contribution in [-0.4, -0.2) is 35.5 Å². The summed E-state index contributed by atoms with van der Waals surface area (Å²) in [5.41, 5.74) is 0. The molecule has 0 aromatic heterocycles. The van der Waals surface area contributed by atoms with E-state index in [1.165, 1.54) is 25.9 Å². The van der Waals surface area contributed by atoms with Gasteiger partial charge in [-0.15, -0.1) is 0 Å². The zero-order chi connectivity index (χ0) is 10.3. The van der Waals surface area contributed by atoms with Gasteiger partial charge in [0.25, 0.3) is 0 Å². The molecule has 0 N–H and O–H groups in total. The smallest absolute Gasteiger partial charge is 0.00384 e. The first-order valence-electron chi connectivity index (χ1n) is 5.38. The molecule has 0 heterocycles. The molecule has 2 heteroatoms. The van der Waals surface area contributed by atoms with Gasteiger partial charge in [0.1, 0.15) is 0 Å². The summed E-state index contributed by atoms with van der Waals surface area (Å²) in [6.07, 6.45) is 4.89. The van der Waals surface area contributed by atoms with Gasteiger partial charge in [-0.25, -0.2) is 0 Å². The quantitative estimate of drug-likeness (QED) is 0.625. The number of hydrogen-bond acceptors (Lipinski definition) is 2. The van der Waals surface area contributed by atoms with Gasteiger partial charge < -0.3 is 4.90 Å². The lowest BCUT2D eigenvalue weighted by Gasteiger charge is -2.25. The maximum Gasteiger partial charge on any atom is 0.00384 e. The highest BCUT2D eigenvalue weighted by Gasteiger charge is 2.06. The molecule has 1 unspecified atom stereocenters. The SMILES string of the molecule is CCN(CCCC(C)SC)C(C)C. The van der Waals surface area contributed by atoms with Crippen LogP contribution in [0, 0.1) is 0 Å². The fraction of sp³-hybridized carbons (Fsp3) is 1.00. The van der Waals surface area contributed by atoms with E-state index in [0.717, 1.165) is 5.25 Å². The summed E-state index contributed by atoms with van der Waals surface area (Å²) in [4.78, 5) is 2.53. The Kier molecular flexibility index (Phi) is 7.87. The lowest BCUT2D eigenvalue weighted by molar-refractivity contribution is 0.229. The minimum atomic E-state index is 0.703. The molecule has 0 aliphatic rings. The first-order chi connectivity index (χ1) is 6.11. The minimum Gasteiger partial charge on any atom is -0.301 e. The number of nitrogens with zero attached hydrogens (tertiary/aromatic N) is 1. The van der Waals surface area contributed by atoms with Crippen molar-refractivity contribution in [1.82, 2.24) is 4.90 Å². The molecule has 13 heavy (non-hydrogen) atoms. The fourth-order valence-electron chi connectivity index (χ4n) is 1.48. The van der Waals surface area contributed by atoms with Crippen molar-refractivity contribution in [2.75, 3.05) is 19.3 Å². The predicted octanol–water partition coefficient (Wildman–Crippen LogP) is 3.25. The molecule has 0 aliphatic heterocycles. The van der Waals surface area contributed by atoms with Gasteiger partial charge >= 0.3 is 0 Å². The summed E-state index contributed by atoms with van der Waals surface area (Å²) in [6.45, 7) is 11.6. The van der Waals surface area contributed by atoms with Crippen LogP contribution in [0.1, 0.15) is 40.5 Å². The molecule has 1 atom stereocenters. The third-order valence-electron chi connectivity index (χ3n) is 2.59. The second kappa shape index (κ2) is 7.69. The third kappa shape index (κ3) is 6.39. The van der Waals surface area contributed by atoms with Gasteiger partial charge in [-0.3, -0.25) is 0 Å². The van der Waals surface area contributed by atoms with Gasteiger partial charge in [0.05, 0.1) is 0 Å². The average Bonchev–Trinajstić information content (AvgIpc) is 2.11. The van der Waals surface area contributed by atoms with Crippen LogP contribution in [0.15, 0.2) is 0 Å². The Morgan fingerprint density at radius 1 is 1.23 bits per heavy atom. The summed E-state index contributed by atoms with van der Waals surface area (Å²) in [7, 11) is 0. The first-order valence-corrected chi connectivity index (χ1v) is 6.67. The lowest BCUT2D eigenvalue weighted by atomic mass is 10.2. The molecular formula is C11H25NS. The highest BCUT2D eigenvalue weighted by Crippen LogP contribution is 2.12. The van der Waals surface area contributed by atoms with Gasteiger partial charge in [0, 0.05) is 11.3 Å². The molecule has 0 bridgehead atoms. The molecule has 0 aromatic rings. The summed E-state index contributed by atoms with van der Waals surface area (Å²) in [5, 5.41) is 0.825. The zero-order valence-electron chi connectivity index (χ0n) is 9.84. The van der Waals surface area contributed by atoms with Gasteiger partial charge in [-0.1, -0.05) is 13.8 Å². The normalized spacial score (nSPS) is 14.1. The Labute approximate surface area is 88.3 Å². The number of hydrogen-bond donors (Lipinski definition) is 0. The third-order valence-corrected chi connectivity index (χ3v) is 3.64. The Morgan fingerprint density at radius 3 is 2.23 bits per heavy atom. The topological polar surface area (TPSA) is 3.24 Å². The lowest BCUT2D eigenvalue weighted by Crippen LogP contribution is -2.31. The van der Waals surface area contributed by atoms with Crippen molar-refractivity contribution in [3.63, 3.8) is 0 Å². The van der Waals surface area contributed by atoms with Crippen molar-refractivity contribution in [3.8, 4) is 0 Å². The van der Waals surface area contributed by atoms with Crippen molar-refractivity contribution < 1.29 is 0 Å². The fourth-order valence-corrected chi connectivity index (χ4v) is 1.88. The second-order valence-corrected chi connectivity index (χ2v) is 5.19. The summed E-state index contributed by atoms with van der Waals surface area (Å²) >= 11 is 1.97. The largest absolute Gasteiger partial charge is 0.301 e. The molecule has 0 aromatic carbocycles. The summed E-state index contributed by atoms with van der Waals surface area (Å²) in [5.74, 6) is 0. The Bertz CT molecular complexity index is 115. The van der Waals surface area contributed by atoms with E-state index < -0.39 is 0 Å². The zero-order valence-corrected chi connectivity index (χ0v) is 10.7. The van der Waals surface area contributed by atoms with Crippen molar-refractivity contribution >= 4 is 11.8 Å². The Hall–Kier alpha value is 0.310. The first kappa shape index (κ1) is 13.3. The van der Waals surface area contributed by atoms with E-state index in [9.17, 15) is 0 Å². The van der Waals surface area contributed by atoms with E-state index in [1.54, 1.807) is 0 Å². The van der Waals surface area contributed by atoms with Crippen molar-refractivity contribution in [2.24, 2.45) is 0 Å². The van der Waals surface area contributed by atoms with Crippen LogP contribution in [0.25, 0.3) is 0 Å². The molecule has 0 fully saturated rings. The van der Waals surface area contributed by atoms with Crippen LogP contribution < -0.4 is 0 Å². The molecular weight excluding hydrogens is 178 g/mol. The monoisotopic (exact) mass is 203 g/mol. The maximum atomic E-state index is 2.53. The van der Waals surface area contributed by atoms with Crippen molar-refractivity contribution in [3.05, 3.63) is 0 Å². The highest BCUT2D eigenvalue weighted by molar-refractivity contribution is 7.99. The Balaban J connectivity index is 3.49. The molecule has 0 amide bonds. The van der Waals surface area contributed by atoms with E-state index in [-0.39, 0.29) is 0 Å². The standard InChI is InChI=1S/C11H25NS/c1-6-12(10(2)3)9-7-8-11(4)13-5/h10-11H,6-9H2,1-5H3. The van der Waals surface area contributed by atoms with Crippen molar-refractivity contribution in [2.45, 2.75) is 51.8 Å². The Morgan fingerprint density at radius 2 is 1.85 bits per heavy atom.